The summed E-state index contributed by atoms with van der Waals surface area (Å²) in [6.45, 7) is 3.92. The number of likely N-dealkylation sites (tertiary alicyclic amines) is 1. The number of carbonyl (C=O) groups is 1. The predicted octanol–water partition coefficient (Wildman–Crippen LogP) is 2.99. The number of hydrogen-bond donors (Lipinski definition) is 1. The molecule has 0 unspecified atom stereocenters. The lowest BCUT2D eigenvalue weighted by Crippen LogP contribution is -2.26. The van der Waals surface area contributed by atoms with E-state index in [0.717, 1.165) is 31.5 Å². The van der Waals surface area contributed by atoms with Crippen LogP contribution in [0.2, 0.25) is 0 Å². The Morgan fingerprint density at radius 3 is 2.57 bits per heavy atom. The number of hydrogen-bond acceptors (Lipinski definition) is 2. The Kier molecular flexibility index (Phi) is 7.61. The van der Waals surface area contributed by atoms with Crippen LogP contribution in [-0.4, -0.2) is 37.0 Å². The van der Waals surface area contributed by atoms with Crippen molar-refractivity contribution < 1.29 is 13.6 Å². The molecule has 1 N–H and O–H groups in total. The monoisotopic (exact) mass is 318 g/mol. The van der Waals surface area contributed by atoms with E-state index in [-0.39, 0.29) is 18.0 Å². The van der Waals surface area contributed by atoms with Crippen LogP contribution in [-0.2, 0) is 0 Å². The third kappa shape index (κ3) is 5.59. The number of nitrogens with zero attached hydrogens (tertiary/aromatic N) is 1. The van der Waals surface area contributed by atoms with Crippen LogP contribution in [0.15, 0.2) is 18.2 Å². The Bertz CT molecular complexity index is 465. The average molecular weight is 319 g/mol. The molecule has 1 amide bonds. The Morgan fingerprint density at radius 2 is 1.90 bits per heavy atom. The highest BCUT2D eigenvalue weighted by atomic mass is 35.5. The summed E-state index contributed by atoms with van der Waals surface area (Å²) in [4.78, 5) is 14.1. The Hall–Kier alpha value is -1.20. The van der Waals surface area contributed by atoms with Crippen molar-refractivity contribution in [2.24, 2.45) is 0 Å². The lowest BCUT2D eigenvalue weighted by Gasteiger charge is -2.14. The summed E-state index contributed by atoms with van der Waals surface area (Å²) in [5.41, 5.74) is -0.106. The lowest BCUT2D eigenvalue weighted by molar-refractivity contribution is 0.0948. The van der Waals surface area contributed by atoms with Crippen molar-refractivity contribution in [3.05, 3.63) is 35.4 Å². The number of unbranched alkanes of at least 4 members (excludes halogenated alkanes) is 1. The van der Waals surface area contributed by atoms with E-state index in [9.17, 15) is 13.6 Å². The van der Waals surface area contributed by atoms with Gasteiger partial charge in [-0.3, -0.25) is 4.79 Å². The van der Waals surface area contributed by atoms with Crippen LogP contribution >= 0.6 is 12.4 Å². The number of halogens is 3. The molecule has 0 atom stereocenters. The molecule has 3 nitrogen and oxygen atoms in total. The fourth-order valence-electron chi connectivity index (χ4n) is 2.44. The predicted molar refractivity (Wildman–Crippen MR) is 80.8 cm³/mol. The second kappa shape index (κ2) is 8.95. The average Bonchev–Trinajstić information content (AvgIpc) is 2.91. The van der Waals surface area contributed by atoms with E-state index in [4.69, 9.17) is 0 Å². The molecule has 1 fully saturated rings. The van der Waals surface area contributed by atoms with Gasteiger partial charge in [-0.05, 0) is 57.5 Å². The quantitative estimate of drug-likeness (QED) is 0.818. The van der Waals surface area contributed by atoms with Crippen molar-refractivity contribution in [2.75, 3.05) is 26.2 Å². The first-order valence-corrected chi connectivity index (χ1v) is 7.12. The molecule has 1 aromatic rings. The third-order valence-corrected chi connectivity index (χ3v) is 3.56. The van der Waals surface area contributed by atoms with Gasteiger partial charge in [0, 0.05) is 12.6 Å². The second-order valence-corrected chi connectivity index (χ2v) is 5.14. The van der Waals surface area contributed by atoms with Crippen molar-refractivity contribution in [1.29, 1.82) is 0 Å². The maximum atomic E-state index is 13.4. The van der Waals surface area contributed by atoms with Crippen LogP contribution in [0.5, 0.6) is 0 Å². The van der Waals surface area contributed by atoms with Crippen molar-refractivity contribution >= 4 is 18.3 Å². The van der Waals surface area contributed by atoms with Gasteiger partial charge in [0.2, 0.25) is 0 Å². The molecule has 0 aromatic heterocycles. The Balaban J connectivity index is 0.00000220. The van der Waals surface area contributed by atoms with E-state index in [1.165, 1.54) is 32.0 Å². The van der Waals surface area contributed by atoms with E-state index in [1.54, 1.807) is 0 Å². The first-order valence-electron chi connectivity index (χ1n) is 7.12. The van der Waals surface area contributed by atoms with Crippen molar-refractivity contribution in [3.8, 4) is 0 Å². The van der Waals surface area contributed by atoms with Crippen LogP contribution in [0.25, 0.3) is 0 Å². The minimum atomic E-state index is -0.820. The summed E-state index contributed by atoms with van der Waals surface area (Å²) >= 11 is 0. The normalized spacial score (nSPS) is 14.8. The van der Waals surface area contributed by atoms with Crippen LogP contribution < -0.4 is 5.32 Å². The molecule has 0 radical (unpaired) electrons. The molecule has 1 aliphatic heterocycles. The molecule has 0 saturated carbocycles. The summed E-state index contributed by atoms with van der Waals surface area (Å²) in [6, 6.07) is 2.98. The smallest absolute Gasteiger partial charge is 0.254 e. The zero-order chi connectivity index (χ0) is 14.4. The number of amides is 1. The molecule has 118 valence electrons. The third-order valence-electron chi connectivity index (χ3n) is 3.56. The fraction of sp³-hybridized carbons (Fsp3) is 0.533. The zero-order valence-corrected chi connectivity index (χ0v) is 12.7. The van der Waals surface area contributed by atoms with E-state index < -0.39 is 17.5 Å². The minimum absolute atomic E-state index is 0. The largest absolute Gasteiger partial charge is 0.352 e. The highest BCUT2D eigenvalue weighted by molar-refractivity contribution is 5.94. The van der Waals surface area contributed by atoms with Gasteiger partial charge in [-0.25, -0.2) is 8.78 Å². The van der Waals surface area contributed by atoms with Gasteiger partial charge in [-0.15, -0.1) is 12.4 Å². The molecule has 1 aliphatic rings. The van der Waals surface area contributed by atoms with E-state index in [2.05, 4.69) is 10.2 Å². The maximum Gasteiger partial charge on any atom is 0.254 e. The number of rotatable bonds is 6. The van der Waals surface area contributed by atoms with Gasteiger partial charge in [0.1, 0.15) is 11.6 Å². The first-order chi connectivity index (χ1) is 9.66. The maximum absolute atomic E-state index is 13.4. The van der Waals surface area contributed by atoms with Crippen LogP contribution in [0.1, 0.15) is 36.0 Å². The SMILES string of the molecule is Cl.O=C(NCCCCN1CCCC1)c1ccc(F)cc1F. The highest BCUT2D eigenvalue weighted by Crippen LogP contribution is 2.10. The van der Waals surface area contributed by atoms with Gasteiger partial charge < -0.3 is 10.2 Å². The van der Waals surface area contributed by atoms with E-state index >= 15 is 0 Å². The Labute approximate surface area is 130 Å². The summed E-state index contributed by atoms with van der Waals surface area (Å²) in [6.07, 6.45) is 4.44. The number of nitrogens with one attached hydrogen (secondary N) is 1. The molecule has 0 aliphatic carbocycles. The van der Waals surface area contributed by atoms with Crippen LogP contribution in [0, 0.1) is 11.6 Å². The zero-order valence-electron chi connectivity index (χ0n) is 11.9. The lowest BCUT2D eigenvalue weighted by atomic mass is 10.2. The van der Waals surface area contributed by atoms with Gasteiger partial charge in [0.15, 0.2) is 0 Å². The number of carbonyl (C=O) groups excluding carboxylic acids is 1. The van der Waals surface area contributed by atoms with Gasteiger partial charge in [0.05, 0.1) is 5.56 Å². The molecule has 0 spiro atoms. The van der Waals surface area contributed by atoms with E-state index in [1.807, 2.05) is 0 Å². The fourth-order valence-corrected chi connectivity index (χ4v) is 2.44. The molecule has 1 saturated heterocycles. The topological polar surface area (TPSA) is 32.3 Å². The summed E-state index contributed by atoms with van der Waals surface area (Å²) in [7, 11) is 0. The van der Waals surface area contributed by atoms with Gasteiger partial charge >= 0.3 is 0 Å². The van der Waals surface area contributed by atoms with Crippen molar-refractivity contribution in [1.82, 2.24) is 10.2 Å². The molecule has 0 bridgehead atoms. The van der Waals surface area contributed by atoms with Crippen LogP contribution in [0.3, 0.4) is 0 Å². The molecule has 6 heteroatoms. The first kappa shape index (κ1) is 17.9. The summed E-state index contributed by atoms with van der Waals surface area (Å²) < 4.78 is 26.1. The van der Waals surface area contributed by atoms with Crippen LogP contribution in [0.4, 0.5) is 8.78 Å². The summed E-state index contributed by atoms with van der Waals surface area (Å²) in [5.74, 6) is -1.98. The van der Waals surface area contributed by atoms with Gasteiger partial charge in [0.25, 0.3) is 5.91 Å². The van der Waals surface area contributed by atoms with Crippen molar-refractivity contribution in [3.63, 3.8) is 0 Å². The van der Waals surface area contributed by atoms with E-state index in [0.29, 0.717) is 6.54 Å². The molecule has 1 aromatic carbocycles. The minimum Gasteiger partial charge on any atom is -0.352 e. The standard InChI is InChI=1S/C15H20F2N2O.ClH/c16-12-5-6-13(14(17)11-12)15(20)18-7-1-2-8-19-9-3-4-10-19;/h5-6,11H,1-4,7-10H2,(H,18,20);1H. The van der Waals surface area contributed by atoms with Gasteiger partial charge in [-0.2, -0.15) is 0 Å². The number of benzene rings is 1. The molecular weight excluding hydrogens is 298 g/mol. The van der Waals surface area contributed by atoms with Crippen molar-refractivity contribution in [2.45, 2.75) is 25.7 Å². The molecule has 21 heavy (non-hydrogen) atoms. The van der Waals surface area contributed by atoms with Gasteiger partial charge in [-0.1, -0.05) is 0 Å². The molecule has 1 heterocycles. The second-order valence-electron chi connectivity index (χ2n) is 5.14. The Morgan fingerprint density at radius 1 is 1.19 bits per heavy atom. The highest BCUT2D eigenvalue weighted by Gasteiger charge is 2.12. The summed E-state index contributed by atoms with van der Waals surface area (Å²) in [5, 5.41) is 2.66. The molecular formula is C15H21ClF2N2O. The molecule has 2 rings (SSSR count).